The van der Waals surface area contributed by atoms with Gasteiger partial charge >= 0.3 is 0 Å². The number of hydrogen-bond donors (Lipinski definition) is 3. The van der Waals surface area contributed by atoms with Crippen LogP contribution in [0, 0.1) is 0 Å². The van der Waals surface area contributed by atoms with Crippen molar-refractivity contribution in [3.63, 3.8) is 0 Å². The van der Waals surface area contributed by atoms with Crippen LogP contribution in [0.5, 0.6) is 0 Å². The lowest BCUT2D eigenvalue weighted by Gasteiger charge is -2.27. The molecule has 4 N–H and O–H groups in total. The Morgan fingerprint density at radius 2 is 0.750 bits per heavy atom. The molecule has 266 valence electrons. The number of rotatable bonds is 38. The van der Waals surface area contributed by atoms with Gasteiger partial charge in [0.15, 0.2) is 0 Å². The molecular formula is C38H80N2O2S2. The fourth-order valence-corrected chi connectivity index (χ4v) is 8.05. The highest BCUT2D eigenvalue weighted by atomic mass is 33.1. The summed E-state index contributed by atoms with van der Waals surface area (Å²) in [5.74, 6) is 2.00. The van der Waals surface area contributed by atoms with Crippen LogP contribution in [0.15, 0.2) is 0 Å². The predicted octanol–water partition coefficient (Wildman–Crippen LogP) is 11.3. The molecule has 0 rings (SSSR count). The zero-order valence-electron chi connectivity index (χ0n) is 29.9. The SMILES string of the molecule is CCCCCCCCCCCCCCCC(O)CN(CCSSCCN)CC(O)CCCCCCCCCCCCCCC. The molecule has 0 aliphatic heterocycles. The van der Waals surface area contributed by atoms with Crippen molar-refractivity contribution >= 4 is 21.6 Å². The number of aliphatic hydroxyl groups excluding tert-OH is 2. The number of nitrogens with zero attached hydrogens (tertiary/aromatic N) is 1. The monoisotopic (exact) mass is 661 g/mol. The van der Waals surface area contributed by atoms with Gasteiger partial charge in [0.25, 0.3) is 0 Å². The van der Waals surface area contributed by atoms with E-state index < -0.39 is 0 Å². The molecule has 4 nitrogen and oxygen atoms in total. The second-order valence-corrected chi connectivity index (χ2v) is 16.3. The van der Waals surface area contributed by atoms with Crippen LogP contribution in [0.2, 0.25) is 0 Å². The molecule has 0 aromatic rings. The Hall–Kier alpha value is 0.540. The smallest absolute Gasteiger partial charge is 0.0667 e. The van der Waals surface area contributed by atoms with Crippen LogP contribution in [-0.4, -0.2) is 65.0 Å². The molecule has 0 amide bonds. The van der Waals surface area contributed by atoms with Crippen molar-refractivity contribution in [3.8, 4) is 0 Å². The lowest BCUT2D eigenvalue weighted by molar-refractivity contribution is 0.0639. The highest BCUT2D eigenvalue weighted by molar-refractivity contribution is 8.76. The van der Waals surface area contributed by atoms with Crippen molar-refractivity contribution in [2.75, 3.05) is 37.7 Å². The molecule has 0 saturated carbocycles. The van der Waals surface area contributed by atoms with Gasteiger partial charge in [0.2, 0.25) is 0 Å². The van der Waals surface area contributed by atoms with Gasteiger partial charge in [0, 0.05) is 37.7 Å². The minimum atomic E-state index is -0.284. The summed E-state index contributed by atoms with van der Waals surface area (Å²) in [6, 6.07) is 0. The number of aliphatic hydroxyl groups is 2. The van der Waals surface area contributed by atoms with E-state index in [1.807, 2.05) is 21.6 Å². The van der Waals surface area contributed by atoms with E-state index in [-0.39, 0.29) is 12.2 Å². The van der Waals surface area contributed by atoms with Gasteiger partial charge in [-0.3, -0.25) is 4.90 Å². The molecule has 0 bridgehead atoms. The molecule has 6 heteroatoms. The van der Waals surface area contributed by atoms with Gasteiger partial charge in [0.05, 0.1) is 12.2 Å². The fraction of sp³-hybridized carbons (Fsp3) is 1.00. The maximum Gasteiger partial charge on any atom is 0.0667 e. The zero-order valence-corrected chi connectivity index (χ0v) is 31.6. The highest BCUT2D eigenvalue weighted by Gasteiger charge is 2.16. The number of hydrogen-bond acceptors (Lipinski definition) is 6. The molecule has 0 radical (unpaired) electrons. The first-order chi connectivity index (χ1) is 21.6. The largest absolute Gasteiger partial charge is 0.392 e. The van der Waals surface area contributed by atoms with Gasteiger partial charge in [-0.15, -0.1) is 0 Å². The molecule has 0 aromatic heterocycles. The molecule has 2 atom stereocenters. The molecular weight excluding hydrogens is 581 g/mol. The molecule has 2 unspecified atom stereocenters. The van der Waals surface area contributed by atoms with Crippen LogP contribution < -0.4 is 5.73 Å². The van der Waals surface area contributed by atoms with Crippen LogP contribution >= 0.6 is 21.6 Å². The van der Waals surface area contributed by atoms with Gasteiger partial charge in [-0.05, 0) is 12.8 Å². The Labute approximate surface area is 285 Å². The molecule has 0 heterocycles. The van der Waals surface area contributed by atoms with Crippen molar-refractivity contribution in [1.29, 1.82) is 0 Å². The summed E-state index contributed by atoms with van der Waals surface area (Å²) in [5, 5.41) is 21.6. The summed E-state index contributed by atoms with van der Waals surface area (Å²) < 4.78 is 0. The third-order valence-electron chi connectivity index (χ3n) is 9.00. The summed E-state index contributed by atoms with van der Waals surface area (Å²) in [6.07, 6.45) is 36.5. The molecule has 44 heavy (non-hydrogen) atoms. The van der Waals surface area contributed by atoms with E-state index in [4.69, 9.17) is 5.73 Å². The summed E-state index contributed by atoms with van der Waals surface area (Å²) in [4.78, 5) is 2.32. The molecule has 0 aromatic carbocycles. The Morgan fingerprint density at radius 3 is 1.07 bits per heavy atom. The number of unbranched alkanes of at least 4 members (excludes halogenated alkanes) is 24. The van der Waals surface area contributed by atoms with Crippen molar-refractivity contribution in [1.82, 2.24) is 4.90 Å². The van der Waals surface area contributed by atoms with E-state index >= 15 is 0 Å². The van der Waals surface area contributed by atoms with Crippen molar-refractivity contribution in [3.05, 3.63) is 0 Å². The van der Waals surface area contributed by atoms with E-state index in [0.29, 0.717) is 13.1 Å². The highest BCUT2D eigenvalue weighted by Crippen LogP contribution is 2.21. The lowest BCUT2D eigenvalue weighted by atomic mass is 10.0. The summed E-state index contributed by atoms with van der Waals surface area (Å²) in [7, 11) is 3.70. The zero-order chi connectivity index (χ0) is 32.2. The Balaban J connectivity index is 3.96. The van der Waals surface area contributed by atoms with E-state index in [9.17, 15) is 10.2 Å². The molecule has 0 aliphatic rings. The average Bonchev–Trinajstić information content (AvgIpc) is 3.01. The maximum atomic E-state index is 10.8. The van der Waals surface area contributed by atoms with Crippen molar-refractivity contribution in [2.24, 2.45) is 5.73 Å². The Kier molecular flexibility index (Phi) is 38.5. The normalized spacial score (nSPS) is 13.2. The fourth-order valence-electron chi connectivity index (χ4n) is 6.16. The minimum absolute atomic E-state index is 0.284. The summed E-state index contributed by atoms with van der Waals surface area (Å²) >= 11 is 0. The average molecular weight is 661 g/mol. The van der Waals surface area contributed by atoms with Gasteiger partial charge in [-0.25, -0.2) is 0 Å². The van der Waals surface area contributed by atoms with Crippen LogP contribution in [0.3, 0.4) is 0 Å². The first kappa shape index (κ1) is 44.5. The topological polar surface area (TPSA) is 69.7 Å². The van der Waals surface area contributed by atoms with Crippen LogP contribution in [-0.2, 0) is 0 Å². The third kappa shape index (κ3) is 35.4. The van der Waals surface area contributed by atoms with E-state index in [2.05, 4.69) is 18.7 Å². The van der Waals surface area contributed by atoms with Crippen LogP contribution in [0.25, 0.3) is 0 Å². The first-order valence-corrected chi connectivity index (χ1v) is 22.2. The standard InChI is InChI=1S/C38H80N2O2S2/c1-3-5-7-9-11-13-15-17-19-21-23-25-27-29-37(41)35-40(32-34-44-43-33-31-39)36-38(42)30-28-26-24-22-20-18-16-14-12-10-8-6-4-2/h37-38,41-42H,3-36,39H2,1-2H3. The van der Waals surface area contributed by atoms with E-state index in [1.165, 1.54) is 154 Å². The van der Waals surface area contributed by atoms with Crippen molar-refractivity contribution in [2.45, 2.75) is 206 Å². The van der Waals surface area contributed by atoms with E-state index in [1.54, 1.807) is 0 Å². The maximum absolute atomic E-state index is 10.8. The third-order valence-corrected chi connectivity index (χ3v) is 11.4. The van der Waals surface area contributed by atoms with Gasteiger partial charge in [0.1, 0.15) is 0 Å². The van der Waals surface area contributed by atoms with Gasteiger partial charge in [-0.1, -0.05) is 202 Å². The lowest BCUT2D eigenvalue weighted by Crippen LogP contribution is -2.39. The predicted molar refractivity (Wildman–Crippen MR) is 203 cm³/mol. The quantitative estimate of drug-likeness (QED) is 0.0452. The van der Waals surface area contributed by atoms with Crippen LogP contribution in [0.4, 0.5) is 0 Å². The van der Waals surface area contributed by atoms with Crippen molar-refractivity contribution < 1.29 is 10.2 Å². The summed E-state index contributed by atoms with van der Waals surface area (Å²) in [6.45, 7) is 7.60. The van der Waals surface area contributed by atoms with Gasteiger partial charge < -0.3 is 15.9 Å². The van der Waals surface area contributed by atoms with E-state index in [0.717, 1.165) is 50.3 Å². The molecule has 0 fully saturated rings. The van der Waals surface area contributed by atoms with Crippen LogP contribution in [0.1, 0.15) is 194 Å². The molecule has 0 saturated heterocycles. The first-order valence-electron chi connectivity index (χ1n) is 19.7. The second kappa shape index (κ2) is 38.0. The Morgan fingerprint density at radius 1 is 0.455 bits per heavy atom. The Bertz CT molecular complexity index is 491. The molecule has 0 aliphatic carbocycles. The minimum Gasteiger partial charge on any atom is -0.392 e. The van der Waals surface area contributed by atoms with Gasteiger partial charge in [-0.2, -0.15) is 0 Å². The summed E-state index contributed by atoms with van der Waals surface area (Å²) in [5.41, 5.74) is 5.64. The number of nitrogens with two attached hydrogens (primary N) is 1. The second-order valence-electron chi connectivity index (χ2n) is 13.6. The molecule has 0 spiro atoms.